The second-order valence-corrected chi connectivity index (χ2v) is 8.86. The Bertz CT molecular complexity index is 1300. The third-order valence-corrected chi connectivity index (χ3v) is 5.93. The number of carbonyl (C=O) groups is 2. The lowest BCUT2D eigenvalue weighted by atomic mass is 9.99. The number of nitrogens with zero attached hydrogens (tertiary/aromatic N) is 6. The number of halogens is 1. The van der Waals surface area contributed by atoms with Gasteiger partial charge in [-0.25, -0.2) is 4.68 Å². The summed E-state index contributed by atoms with van der Waals surface area (Å²) in [7, 11) is 1.82. The van der Waals surface area contributed by atoms with Crippen LogP contribution in [-0.4, -0.2) is 47.7 Å². The van der Waals surface area contributed by atoms with E-state index in [1.807, 2.05) is 50.5 Å². The Morgan fingerprint density at radius 2 is 1.91 bits per heavy atom. The van der Waals surface area contributed by atoms with Gasteiger partial charge in [-0.05, 0) is 72.2 Å². The van der Waals surface area contributed by atoms with E-state index in [9.17, 15) is 9.59 Å². The summed E-state index contributed by atoms with van der Waals surface area (Å²) >= 11 is 6.20. The van der Waals surface area contributed by atoms with Gasteiger partial charge in [0.25, 0.3) is 5.91 Å². The molecule has 0 aliphatic carbocycles. The number of nitrogens with one attached hydrogen (secondary N) is 1. The lowest BCUT2D eigenvalue weighted by Gasteiger charge is -2.17. The molecule has 4 rings (SSSR count). The van der Waals surface area contributed by atoms with Crippen LogP contribution in [-0.2, 0) is 24.7 Å². The van der Waals surface area contributed by atoms with Gasteiger partial charge in [0.1, 0.15) is 6.33 Å². The zero-order chi connectivity index (χ0) is 24.8. The van der Waals surface area contributed by atoms with E-state index in [4.69, 9.17) is 11.6 Å². The third-order valence-electron chi connectivity index (χ3n) is 5.70. The summed E-state index contributed by atoms with van der Waals surface area (Å²) in [4.78, 5) is 26.1. The monoisotopic (exact) mass is 491 g/mol. The number of ketones is 1. The van der Waals surface area contributed by atoms with E-state index >= 15 is 0 Å². The fourth-order valence-electron chi connectivity index (χ4n) is 3.85. The highest BCUT2D eigenvalue weighted by Crippen LogP contribution is 2.21. The number of benzene rings is 2. The Morgan fingerprint density at radius 1 is 1.11 bits per heavy atom. The zero-order valence-corrected chi connectivity index (χ0v) is 20.3. The van der Waals surface area contributed by atoms with Gasteiger partial charge in [0.2, 0.25) is 0 Å². The summed E-state index contributed by atoms with van der Waals surface area (Å²) in [6, 6.07) is 13.9. The molecule has 0 bridgehead atoms. The SMILES string of the molecule is Cc1ccc(C(=O)N[C@@H](Cc2ccn(C)n2)C(=O)CCCc2cc(Cl)ccc2-n2cnnn2)cc1. The molecule has 0 aliphatic rings. The first-order valence-corrected chi connectivity index (χ1v) is 11.7. The van der Waals surface area contributed by atoms with Gasteiger partial charge < -0.3 is 5.32 Å². The molecular formula is C25H26ClN7O2. The van der Waals surface area contributed by atoms with Crippen molar-refractivity contribution in [1.29, 1.82) is 0 Å². The fourth-order valence-corrected chi connectivity index (χ4v) is 4.04. The minimum atomic E-state index is -0.683. The van der Waals surface area contributed by atoms with Crippen LogP contribution in [0.2, 0.25) is 5.02 Å². The summed E-state index contributed by atoms with van der Waals surface area (Å²) in [5, 5.41) is 19.2. The molecule has 9 nitrogen and oxygen atoms in total. The minimum absolute atomic E-state index is 0.0536. The van der Waals surface area contributed by atoms with Crippen molar-refractivity contribution >= 4 is 23.3 Å². The molecule has 1 amide bonds. The van der Waals surface area contributed by atoms with Crippen molar-refractivity contribution in [3.05, 3.63) is 88.5 Å². The van der Waals surface area contributed by atoms with Crippen molar-refractivity contribution in [3.8, 4) is 5.69 Å². The van der Waals surface area contributed by atoms with Crippen molar-refractivity contribution in [2.24, 2.45) is 7.05 Å². The Hall–Kier alpha value is -3.85. The molecular weight excluding hydrogens is 466 g/mol. The van der Waals surface area contributed by atoms with E-state index < -0.39 is 6.04 Å². The standard InChI is InChI=1S/C25H26ClN7O2/c1-17-6-8-18(9-7-17)25(35)28-22(15-21-12-13-32(2)29-21)24(34)5-3-4-19-14-20(26)10-11-23(19)33-16-27-30-31-33/h6-14,16,22H,3-5,15H2,1-2H3,(H,28,35)/t22-/m0/s1. The lowest BCUT2D eigenvalue weighted by molar-refractivity contribution is -0.121. The fraction of sp³-hybridized carbons (Fsp3) is 0.280. The van der Waals surface area contributed by atoms with Gasteiger partial charge in [-0.2, -0.15) is 5.10 Å². The largest absolute Gasteiger partial charge is 0.342 e. The van der Waals surface area contributed by atoms with Gasteiger partial charge in [-0.1, -0.05) is 29.3 Å². The highest BCUT2D eigenvalue weighted by Gasteiger charge is 2.23. The Labute approximate surface area is 208 Å². The molecule has 0 radical (unpaired) electrons. The molecule has 10 heteroatoms. The molecule has 35 heavy (non-hydrogen) atoms. The second kappa shape index (κ2) is 11.1. The number of tetrazole rings is 1. The van der Waals surface area contributed by atoms with Crippen LogP contribution in [0.4, 0.5) is 0 Å². The Morgan fingerprint density at radius 3 is 2.60 bits per heavy atom. The number of hydrogen-bond donors (Lipinski definition) is 1. The van der Waals surface area contributed by atoms with Crippen LogP contribution in [0.5, 0.6) is 0 Å². The van der Waals surface area contributed by atoms with Crippen LogP contribution >= 0.6 is 11.6 Å². The minimum Gasteiger partial charge on any atom is -0.342 e. The molecule has 2 heterocycles. The van der Waals surface area contributed by atoms with Crippen LogP contribution in [0.15, 0.2) is 61.1 Å². The van der Waals surface area contributed by atoms with E-state index in [2.05, 4.69) is 25.9 Å². The number of amides is 1. The Balaban J connectivity index is 1.45. The number of aromatic nitrogens is 6. The molecule has 1 N–H and O–H groups in total. The molecule has 2 aromatic carbocycles. The average Bonchev–Trinajstić information content (AvgIpc) is 3.51. The molecule has 0 spiro atoms. The highest BCUT2D eigenvalue weighted by atomic mass is 35.5. The molecule has 1 atom stereocenters. The number of rotatable bonds is 10. The summed E-state index contributed by atoms with van der Waals surface area (Å²) in [5.41, 5.74) is 4.06. The summed E-state index contributed by atoms with van der Waals surface area (Å²) < 4.78 is 3.25. The first kappa shape index (κ1) is 24.3. The molecule has 0 fully saturated rings. The van der Waals surface area contributed by atoms with Crippen molar-refractivity contribution in [2.75, 3.05) is 0 Å². The van der Waals surface area contributed by atoms with E-state index in [1.54, 1.807) is 27.6 Å². The lowest BCUT2D eigenvalue weighted by Crippen LogP contribution is -2.42. The van der Waals surface area contributed by atoms with Gasteiger partial charge in [-0.15, -0.1) is 5.10 Å². The Kier molecular flexibility index (Phi) is 7.67. The number of Topliss-reactive ketones (excluding diaryl/α,β-unsaturated/α-hetero) is 1. The number of carbonyl (C=O) groups excluding carboxylic acids is 2. The van der Waals surface area contributed by atoms with Crippen molar-refractivity contribution in [1.82, 2.24) is 35.3 Å². The predicted molar refractivity (Wildman–Crippen MR) is 131 cm³/mol. The number of hydrogen-bond acceptors (Lipinski definition) is 6. The zero-order valence-electron chi connectivity index (χ0n) is 19.6. The number of aryl methyl sites for hydroxylation is 3. The first-order chi connectivity index (χ1) is 16.9. The molecule has 2 aromatic heterocycles. The smallest absolute Gasteiger partial charge is 0.251 e. The van der Waals surface area contributed by atoms with Gasteiger partial charge in [0, 0.05) is 36.7 Å². The van der Waals surface area contributed by atoms with Gasteiger partial charge in [0.15, 0.2) is 5.78 Å². The second-order valence-electron chi connectivity index (χ2n) is 8.42. The van der Waals surface area contributed by atoms with Crippen LogP contribution in [0, 0.1) is 6.92 Å². The molecule has 4 aromatic rings. The van der Waals surface area contributed by atoms with Gasteiger partial charge >= 0.3 is 0 Å². The van der Waals surface area contributed by atoms with E-state index in [-0.39, 0.29) is 18.1 Å². The van der Waals surface area contributed by atoms with Crippen molar-refractivity contribution < 1.29 is 9.59 Å². The highest BCUT2D eigenvalue weighted by molar-refractivity contribution is 6.30. The third kappa shape index (κ3) is 6.39. The quantitative estimate of drug-likeness (QED) is 0.364. The maximum absolute atomic E-state index is 13.2. The van der Waals surface area contributed by atoms with E-state index in [1.165, 1.54) is 6.33 Å². The van der Waals surface area contributed by atoms with Gasteiger partial charge in [-0.3, -0.25) is 14.3 Å². The van der Waals surface area contributed by atoms with Crippen LogP contribution in [0.25, 0.3) is 5.69 Å². The summed E-state index contributed by atoms with van der Waals surface area (Å²) in [5.74, 6) is -0.336. The first-order valence-electron chi connectivity index (χ1n) is 11.3. The molecule has 0 unspecified atom stereocenters. The van der Waals surface area contributed by atoms with Crippen molar-refractivity contribution in [2.45, 2.75) is 38.6 Å². The average molecular weight is 492 g/mol. The molecule has 180 valence electrons. The van der Waals surface area contributed by atoms with Crippen LogP contribution < -0.4 is 5.32 Å². The van der Waals surface area contributed by atoms with Crippen LogP contribution in [0.3, 0.4) is 0 Å². The summed E-state index contributed by atoms with van der Waals surface area (Å²) in [6.07, 6.45) is 5.12. The predicted octanol–water partition coefficient (Wildman–Crippen LogP) is 3.29. The summed E-state index contributed by atoms with van der Waals surface area (Å²) in [6.45, 7) is 1.96. The normalized spacial score (nSPS) is 11.9. The maximum Gasteiger partial charge on any atom is 0.251 e. The van der Waals surface area contributed by atoms with Gasteiger partial charge in [0.05, 0.1) is 17.4 Å². The maximum atomic E-state index is 13.2. The molecule has 0 aliphatic heterocycles. The molecule has 0 saturated carbocycles. The van der Waals surface area contributed by atoms with Crippen molar-refractivity contribution in [3.63, 3.8) is 0 Å². The van der Waals surface area contributed by atoms with E-state index in [0.717, 1.165) is 22.5 Å². The molecule has 0 saturated heterocycles. The van der Waals surface area contributed by atoms with Crippen LogP contribution in [0.1, 0.15) is 40.0 Å². The van der Waals surface area contributed by atoms with E-state index in [0.29, 0.717) is 29.8 Å². The topological polar surface area (TPSA) is 108 Å².